The van der Waals surface area contributed by atoms with Crippen LogP contribution in [-0.2, 0) is 9.47 Å². The first-order valence-corrected chi connectivity index (χ1v) is 8.28. The Kier molecular flexibility index (Phi) is 6.35. The van der Waals surface area contributed by atoms with Crippen molar-refractivity contribution < 1.29 is 22.6 Å². The second-order valence-electron chi connectivity index (χ2n) is 6.60. The van der Waals surface area contributed by atoms with E-state index in [-0.39, 0.29) is 18.6 Å². The van der Waals surface area contributed by atoms with Gasteiger partial charge in [-0.15, -0.1) is 0 Å². The van der Waals surface area contributed by atoms with Crippen LogP contribution in [-0.4, -0.2) is 25.7 Å². The monoisotopic (exact) mass is 308 g/mol. The number of halogens is 3. The Labute approximate surface area is 125 Å². The van der Waals surface area contributed by atoms with Crippen molar-refractivity contribution in [3.05, 3.63) is 0 Å². The van der Waals surface area contributed by atoms with Gasteiger partial charge in [0.25, 0.3) is 0 Å². The molecule has 2 fully saturated rings. The zero-order chi connectivity index (χ0) is 15.3. The van der Waals surface area contributed by atoms with Gasteiger partial charge in [-0.3, -0.25) is 0 Å². The van der Waals surface area contributed by atoms with Crippen LogP contribution in [0.4, 0.5) is 13.2 Å². The SMILES string of the molecule is CCC1CCC([C@H]2OC[C@H](CCCC(F)(F)F)CO2)CC1. The molecule has 1 saturated heterocycles. The standard InChI is InChI=1S/C16H27F3O2/c1-2-12-5-7-14(8-6-12)15-20-10-13(11-21-15)4-3-9-16(17,18)19/h12-15H,2-11H2,1H3/t12?,13-,14?,15-. The van der Waals surface area contributed by atoms with Gasteiger partial charge in [0.15, 0.2) is 6.29 Å². The van der Waals surface area contributed by atoms with Crippen molar-refractivity contribution in [2.75, 3.05) is 13.2 Å². The van der Waals surface area contributed by atoms with E-state index in [0.717, 1.165) is 18.8 Å². The highest BCUT2D eigenvalue weighted by Crippen LogP contribution is 2.35. The Hall–Kier alpha value is -0.290. The first-order valence-electron chi connectivity index (χ1n) is 8.28. The lowest BCUT2D eigenvalue weighted by molar-refractivity contribution is -0.230. The zero-order valence-corrected chi connectivity index (χ0v) is 12.8. The fraction of sp³-hybridized carbons (Fsp3) is 1.00. The maximum Gasteiger partial charge on any atom is 0.389 e. The second-order valence-corrected chi connectivity index (χ2v) is 6.60. The van der Waals surface area contributed by atoms with E-state index < -0.39 is 12.6 Å². The molecule has 1 heterocycles. The third kappa shape index (κ3) is 5.78. The lowest BCUT2D eigenvalue weighted by atomic mass is 9.80. The summed E-state index contributed by atoms with van der Waals surface area (Å²) in [5, 5.41) is 0. The summed E-state index contributed by atoms with van der Waals surface area (Å²) in [7, 11) is 0. The van der Waals surface area contributed by atoms with E-state index in [4.69, 9.17) is 9.47 Å². The molecule has 0 aromatic carbocycles. The minimum absolute atomic E-state index is 0.121. The van der Waals surface area contributed by atoms with Crippen molar-refractivity contribution >= 4 is 0 Å². The first kappa shape index (κ1) is 17.1. The molecule has 2 rings (SSSR count). The largest absolute Gasteiger partial charge is 0.389 e. The average Bonchev–Trinajstić information content (AvgIpc) is 2.47. The summed E-state index contributed by atoms with van der Waals surface area (Å²) in [6.07, 6.45) is 1.90. The van der Waals surface area contributed by atoms with Gasteiger partial charge in [-0.05, 0) is 31.6 Å². The predicted octanol–water partition coefficient (Wildman–Crippen LogP) is 4.92. The summed E-state index contributed by atoms with van der Waals surface area (Å²) in [6, 6.07) is 0. The summed E-state index contributed by atoms with van der Waals surface area (Å²) >= 11 is 0. The molecule has 21 heavy (non-hydrogen) atoms. The van der Waals surface area contributed by atoms with E-state index in [9.17, 15) is 13.2 Å². The zero-order valence-electron chi connectivity index (χ0n) is 12.8. The van der Waals surface area contributed by atoms with Gasteiger partial charge in [-0.25, -0.2) is 0 Å². The van der Waals surface area contributed by atoms with Gasteiger partial charge in [-0.1, -0.05) is 26.2 Å². The molecule has 0 amide bonds. The number of hydrogen-bond acceptors (Lipinski definition) is 2. The van der Waals surface area contributed by atoms with Crippen LogP contribution in [0.3, 0.4) is 0 Å². The van der Waals surface area contributed by atoms with Gasteiger partial charge < -0.3 is 9.47 Å². The third-order valence-corrected chi connectivity index (χ3v) is 4.92. The van der Waals surface area contributed by atoms with Gasteiger partial charge >= 0.3 is 6.18 Å². The molecule has 2 aliphatic rings. The predicted molar refractivity (Wildman–Crippen MR) is 74.8 cm³/mol. The molecule has 0 spiro atoms. The van der Waals surface area contributed by atoms with Crippen molar-refractivity contribution in [1.82, 2.24) is 0 Å². The molecule has 1 saturated carbocycles. The molecule has 0 unspecified atom stereocenters. The van der Waals surface area contributed by atoms with Crippen LogP contribution in [0.5, 0.6) is 0 Å². The molecule has 0 radical (unpaired) electrons. The lowest BCUT2D eigenvalue weighted by Crippen LogP contribution is -2.38. The molecular formula is C16H27F3O2. The first-order chi connectivity index (χ1) is 9.98. The smallest absolute Gasteiger partial charge is 0.352 e. The van der Waals surface area contributed by atoms with E-state index in [1.807, 2.05) is 0 Å². The number of hydrogen-bond donors (Lipinski definition) is 0. The van der Waals surface area contributed by atoms with Crippen LogP contribution < -0.4 is 0 Å². The van der Waals surface area contributed by atoms with Crippen LogP contribution in [0.15, 0.2) is 0 Å². The summed E-state index contributed by atoms with van der Waals surface area (Å²) < 4.78 is 47.9. The van der Waals surface area contributed by atoms with Crippen molar-refractivity contribution in [2.45, 2.75) is 70.8 Å². The van der Waals surface area contributed by atoms with Gasteiger partial charge in [0, 0.05) is 18.3 Å². The number of ether oxygens (including phenoxy) is 2. The highest BCUT2D eigenvalue weighted by molar-refractivity contribution is 4.76. The third-order valence-electron chi connectivity index (χ3n) is 4.92. The molecule has 0 atom stereocenters. The molecule has 0 aromatic rings. The highest BCUT2D eigenvalue weighted by atomic mass is 19.4. The quantitative estimate of drug-likeness (QED) is 0.717. The van der Waals surface area contributed by atoms with Gasteiger partial charge in [0.2, 0.25) is 0 Å². The molecule has 5 heteroatoms. The van der Waals surface area contributed by atoms with Crippen molar-refractivity contribution in [2.24, 2.45) is 17.8 Å². The van der Waals surface area contributed by atoms with Crippen molar-refractivity contribution in [3.63, 3.8) is 0 Å². The highest BCUT2D eigenvalue weighted by Gasteiger charge is 2.32. The normalized spacial score (nSPS) is 34.9. The van der Waals surface area contributed by atoms with Crippen LogP contribution in [0.2, 0.25) is 0 Å². The molecule has 2 nitrogen and oxygen atoms in total. The van der Waals surface area contributed by atoms with Crippen molar-refractivity contribution in [1.29, 1.82) is 0 Å². The van der Waals surface area contributed by atoms with Gasteiger partial charge in [0.05, 0.1) is 13.2 Å². The van der Waals surface area contributed by atoms with E-state index in [0.29, 0.717) is 25.6 Å². The van der Waals surface area contributed by atoms with E-state index in [1.165, 1.54) is 19.3 Å². The fourth-order valence-corrected chi connectivity index (χ4v) is 3.46. The maximum absolute atomic E-state index is 12.1. The topological polar surface area (TPSA) is 18.5 Å². The fourth-order valence-electron chi connectivity index (χ4n) is 3.46. The molecular weight excluding hydrogens is 281 g/mol. The number of rotatable bonds is 5. The molecule has 1 aliphatic heterocycles. The Balaban J connectivity index is 1.62. The summed E-state index contributed by atoms with van der Waals surface area (Å²) in [5.41, 5.74) is 0. The molecule has 0 aromatic heterocycles. The Morgan fingerprint density at radius 1 is 0.952 bits per heavy atom. The minimum atomic E-state index is -4.04. The second kappa shape index (κ2) is 7.82. The maximum atomic E-state index is 12.1. The van der Waals surface area contributed by atoms with Crippen LogP contribution in [0.25, 0.3) is 0 Å². The number of alkyl halides is 3. The molecule has 0 N–H and O–H groups in total. The van der Waals surface area contributed by atoms with Crippen LogP contribution in [0, 0.1) is 17.8 Å². The summed E-state index contributed by atoms with van der Waals surface area (Å²) in [6.45, 7) is 3.34. The van der Waals surface area contributed by atoms with Gasteiger partial charge in [0.1, 0.15) is 0 Å². The lowest BCUT2D eigenvalue weighted by Gasteiger charge is -2.37. The van der Waals surface area contributed by atoms with Gasteiger partial charge in [-0.2, -0.15) is 13.2 Å². The Morgan fingerprint density at radius 2 is 1.57 bits per heavy atom. The summed E-state index contributed by atoms with van der Waals surface area (Å²) in [5.74, 6) is 1.44. The van der Waals surface area contributed by atoms with E-state index in [1.54, 1.807) is 0 Å². The Bertz CT molecular complexity index is 290. The van der Waals surface area contributed by atoms with E-state index in [2.05, 4.69) is 6.92 Å². The Morgan fingerprint density at radius 3 is 2.10 bits per heavy atom. The van der Waals surface area contributed by atoms with Crippen LogP contribution in [0.1, 0.15) is 58.3 Å². The molecule has 124 valence electrons. The minimum Gasteiger partial charge on any atom is -0.352 e. The summed E-state index contributed by atoms with van der Waals surface area (Å²) in [4.78, 5) is 0. The molecule has 1 aliphatic carbocycles. The molecule has 0 bridgehead atoms. The van der Waals surface area contributed by atoms with Crippen LogP contribution >= 0.6 is 0 Å². The van der Waals surface area contributed by atoms with Crippen molar-refractivity contribution in [3.8, 4) is 0 Å². The van der Waals surface area contributed by atoms with E-state index >= 15 is 0 Å². The average molecular weight is 308 g/mol.